The summed E-state index contributed by atoms with van der Waals surface area (Å²) in [7, 11) is 2.12. The highest BCUT2D eigenvalue weighted by atomic mass is 16.6. The van der Waals surface area contributed by atoms with Gasteiger partial charge in [0.2, 0.25) is 0 Å². The Balaban J connectivity index is 1.55. The number of hydrazone groups is 1. The Morgan fingerprint density at radius 3 is 2.50 bits per heavy atom. The molecule has 4 aliphatic heterocycles. The zero-order chi connectivity index (χ0) is 18.1. The van der Waals surface area contributed by atoms with Crippen LogP contribution in [0.2, 0.25) is 0 Å². The molecule has 4 heterocycles. The van der Waals surface area contributed by atoms with Crippen LogP contribution in [0.25, 0.3) is 0 Å². The van der Waals surface area contributed by atoms with Crippen LogP contribution in [0.1, 0.15) is 12.8 Å². The third kappa shape index (κ3) is 3.52. The first-order valence-corrected chi connectivity index (χ1v) is 9.37. The number of likely N-dealkylation sites (N-methyl/N-ethyl adjacent to an activating group) is 1. The van der Waals surface area contributed by atoms with Crippen molar-refractivity contribution >= 4 is 22.8 Å². The summed E-state index contributed by atoms with van der Waals surface area (Å²) in [5.41, 5.74) is 5.72. The molecule has 0 aromatic heterocycles. The van der Waals surface area contributed by atoms with Crippen LogP contribution in [-0.2, 0) is 0 Å². The van der Waals surface area contributed by atoms with E-state index in [1.54, 1.807) is 6.07 Å². The summed E-state index contributed by atoms with van der Waals surface area (Å²) in [6, 6.07) is 5.30. The summed E-state index contributed by atoms with van der Waals surface area (Å²) in [6.07, 6.45) is 2.29. The van der Waals surface area contributed by atoms with Crippen molar-refractivity contribution in [1.29, 1.82) is 0 Å². The predicted octanol–water partition coefficient (Wildman–Crippen LogP) is 1.84. The number of nitrogens with zero attached hydrogens (tertiary/aromatic N) is 5. The van der Waals surface area contributed by atoms with E-state index in [4.69, 9.17) is 0 Å². The molecular weight excluding hydrogens is 332 g/mol. The number of hydrogen-bond acceptors (Lipinski definition) is 7. The number of fused-ring (bicyclic) bond motifs is 3. The lowest BCUT2D eigenvalue weighted by molar-refractivity contribution is -0.383. The zero-order valence-corrected chi connectivity index (χ0v) is 15.2. The molecule has 0 aliphatic carbocycles. The maximum Gasteiger partial charge on any atom is 0.294 e. The molecule has 8 heteroatoms. The summed E-state index contributed by atoms with van der Waals surface area (Å²) in [6.45, 7) is 7.02. The summed E-state index contributed by atoms with van der Waals surface area (Å²) in [4.78, 5) is 18.0. The molecule has 0 radical (unpaired) electrons. The Morgan fingerprint density at radius 2 is 1.88 bits per heavy atom. The molecule has 4 saturated heterocycles. The average Bonchev–Trinajstić information content (AvgIpc) is 2.67. The van der Waals surface area contributed by atoms with E-state index in [1.807, 2.05) is 12.1 Å². The van der Waals surface area contributed by atoms with Crippen LogP contribution >= 0.6 is 0 Å². The Bertz CT molecular complexity index is 706. The first-order valence-electron chi connectivity index (χ1n) is 9.37. The van der Waals surface area contributed by atoms with Crippen LogP contribution in [-0.4, -0.2) is 73.3 Å². The van der Waals surface area contributed by atoms with Gasteiger partial charge in [-0.25, -0.2) is 0 Å². The van der Waals surface area contributed by atoms with E-state index in [0.29, 0.717) is 11.6 Å². The van der Waals surface area contributed by atoms with Crippen molar-refractivity contribution in [2.24, 2.45) is 11.0 Å². The number of nitro benzene ring substituents is 1. The Morgan fingerprint density at radius 1 is 1.15 bits per heavy atom. The van der Waals surface area contributed by atoms with Crippen molar-refractivity contribution in [3.8, 4) is 0 Å². The number of nitrogens with one attached hydrogen (secondary N) is 1. The molecule has 1 aromatic carbocycles. The molecule has 5 rings (SSSR count). The summed E-state index contributed by atoms with van der Waals surface area (Å²) in [5.74, 6) is 0.521. The van der Waals surface area contributed by atoms with Crippen molar-refractivity contribution in [3.05, 3.63) is 28.3 Å². The SMILES string of the molecule is CN1CCN(c2ccc([N+](=O)[O-])c(NN=C3CN4CCC3CC4)c2)CC1. The van der Waals surface area contributed by atoms with Crippen molar-refractivity contribution in [2.45, 2.75) is 12.8 Å². The molecule has 8 nitrogen and oxygen atoms in total. The lowest BCUT2D eigenvalue weighted by Gasteiger charge is -2.39. The minimum atomic E-state index is -0.340. The molecule has 2 bridgehead atoms. The fourth-order valence-electron chi connectivity index (χ4n) is 4.08. The number of hydrogen-bond donors (Lipinski definition) is 1. The first kappa shape index (κ1) is 17.2. The molecular formula is C18H26N6O2. The van der Waals surface area contributed by atoms with Crippen molar-refractivity contribution in [3.63, 3.8) is 0 Å². The minimum Gasteiger partial charge on any atom is -0.369 e. The van der Waals surface area contributed by atoms with Gasteiger partial charge in [0.05, 0.1) is 10.6 Å². The van der Waals surface area contributed by atoms with Gasteiger partial charge >= 0.3 is 0 Å². The van der Waals surface area contributed by atoms with Crippen LogP contribution in [0.5, 0.6) is 0 Å². The van der Waals surface area contributed by atoms with Gasteiger partial charge in [-0.3, -0.25) is 20.4 Å². The third-order valence-corrected chi connectivity index (χ3v) is 5.81. The molecule has 0 atom stereocenters. The molecule has 0 unspecified atom stereocenters. The number of piperidine rings is 3. The van der Waals surface area contributed by atoms with E-state index in [-0.39, 0.29) is 10.6 Å². The topological polar surface area (TPSA) is 77.2 Å². The maximum absolute atomic E-state index is 11.4. The summed E-state index contributed by atoms with van der Waals surface area (Å²) in [5, 5.41) is 16.0. The Hall–Kier alpha value is -2.19. The van der Waals surface area contributed by atoms with Gasteiger partial charge in [0.1, 0.15) is 5.69 Å². The van der Waals surface area contributed by atoms with Crippen molar-refractivity contribution in [2.75, 3.05) is 63.2 Å². The van der Waals surface area contributed by atoms with Gasteiger partial charge in [-0.15, -0.1) is 0 Å². The van der Waals surface area contributed by atoms with E-state index in [9.17, 15) is 10.1 Å². The smallest absolute Gasteiger partial charge is 0.294 e. The second kappa shape index (κ2) is 7.20. The van der Waals surface area contributed by atoms with Gasteiger partial charge in [0, 0.05) is 50.4 Å². The van der Waals surface area contributed by atoms with E-state index < -0.39 is 0 Å². The number of anilines is 2. The number of benzene rings is 1. The molecule has 4 fully saturated rings. The normalized spacial score (nSPS) is 27.7. The third-order valence-electron chi connectivity index (χ3n) is 5.81. The Kier molecular flexibility index (Phi) is 4.78. The lowest BCUT2D eigenvalue weighted by Crippen LogP contribution is -2.48. The number of piperazine rings is 1. The van der Waals surface area contributed by atoms with E-state index >= 15 is 0 Å². The van der Waals surface area contributed by atoms with Crippen LogP contribution < -0.4 is 10.3 Å². The maximum atomic E-state index is 11.4. The summed E-state index contributed by atoms with van der Waals surface area (Å²) >= 11 is 0. The van der Waals surface area contributed by atoms with Crippen molar-refractivity contribution < 1.29 is 4.92 Å². The predicted molar refractivity (Wildman–Crippen MR) is 103 cm³/mol. The molecule has 0 saturated carbocycles. The van der Waals surface area contributed by atoms with Gasteiger partial charge in [-0.05, 0) is 45.1 Å². The van der Waals surface area contributed by atoms with Gasteiger partial charge < -0.3 is 9.80 Å². The molecule has 0 spiro atoms. The fourth-order valence-corrected chi connectivity index (χ4v) is 4.08. The van der Waals surface area contributed by atoms with Gasteiger partial charge in [-0.2, -0.15) is 5.10 Å². The van der Waals surface area contributed by atoms with E-state index in [0.717, 1.165) is 70.1 Å². The highest BCUT2D eigenvalue weighted by Gasteiger charge is 2.31. The van der Waals surface area contributed by atoms with Crippen LogP contribution in [0.3, 0.4) is 0 Å². The van der Waals surface area contributed by atoms with E-state index in [2.05, 4.69) is 32.3 Å². The summed E-state index contributed by atoms with van der Waals surface area (Å²) < 4.78 is 0. The monoisotopic (exact) mass is 358 g/mol. The molecule has 1 aromatic rings. The van der Waals surface area contributed by atoms with Crippen LogP contribution in [0, 0.1) is 16.0 Å². The quantitative estimate of drug-likeness (QED) is 0.654. The van der Waals surface area contributed by atoms with Gasteiger partial charge in [-0.1, -0.05) is 0 Å². The second-order valence-electron chi connectivity index (χ2n) is 7.51. The lowest BCUT2D eigenvalue weighted by atomic mass is 9.87. The molecule has 26 heavy (non-hydrogen) atoms. The van der Waals surface area contributed by atoms with Gasteiger partial charge in [0.15, 0.2) is 0 Å². The largest absolute Gasteiger partial charge is 0.369 e. The molecule has 1 N–H and O–H groups in total. The zero-order valence-electron chi connectivity index (χ0n) is 15.2. The Labute approximate surface area is 153 Å². The van der Waals surface area contributed by atoms with Crippen LogP contribution in [0.15, 0.2) is 23.3 Å². The van der Waals surface area contributed by atoms with Crippen molar-refractivity contribution in [1.82, 2.24) is 9.80 Å². The first-order chi connectivity index (χ1) is 12.6. The van der Waals surface area contributed by atoms with Crippen LogP contribution in [0.4, 0.5) is 17.1 Å². The molecule has 140 valence electrons. The number of rotatable bonds is 4. The second-order valence-corrected chi connectivity index (χ2v) is 7.51. The molecule has 4 aliphatic rings. The number of nitro groups is 1. The highest BCUT2D eigenvalue weighted by Crippen LogP contribution is 2.31. The van der Waals surface area contributed by atoms with E-state index in [1.165, 1.54) is 0 Å². The minimum absolute atomic E-state index is 0.0773. The molecule has 0 amide bonds. The highest BCUT2D eigenvalue weighted by molar-refractivity contribution is 5.90. The fraction of sp³-hybridized carbons (Fsp3) is 0.611. The standard InChI is InChI=1S/C18H26N6O2/c1-21-8-10-23(11-9-21)15-2-3-18(24(25)26)16(12-15)19-20-17-13-22-6-4-14(17)5-7-22/h2-3,12,14,19H,4-11,13H2,1H3. The average molecular weight is 358 g/mol. The van der Waals surface area contributed by atoms with Gasteiger partial charge in [0.25, 0.3) is 5.69 Å².